The number of anilines is 1. The third kappa shape index (κ3) is 6.62. The monoisotopic (exact) mass is 437 g/mol. The third-order valence-corrected chi connectivity index (χ3v) is 2.91. The molecule has 0 aliphatic rings. The number of methoxy groups -OCH3 is 1. The number of nitrogens with zero attached hydrogens (tertiary/aromatic N) is 2. The van der Waals surface area contributed by atoms with E-state index in [-0.39, 0.29) is 11.6 Å². The van der Waals surface area contributed by atoms with Crippen molar-refractivity contribution in [2.24, 2.45) is 0 Å². The molecule has 124 valence electrons. The molecule has 2 aromatic rings. The van der Waals surface area contributed by atoms with Crippen molar-refractivity contribution >= 4 is 46.4 Å². The van der Waals surface area contributed by atoms with E-state index in [1.54, 1.807) is 43.5 Å². The molecule has 0 bridgehead atoms. The molecule has 0 aromatic heterocycles. The number of halogens is 3. The maximum atomic E-state index is 12.1. The van der Waals surface area contributed by atoms with Gasteiger partial charge in [0.05, 0.1) is 7.11 Å². The van der Waals surface area contributed by atoms with Gasteiger partial charge in [-0.05, 0) is 24.6 Å². The summed E-state index contributed by atoms with van der Waals surface area (Å²) in [7, 11) is 16.6. The first-order chi connectivity index (χ1) is 11.4. The molecule has 0 aliphatic heterocycles. The van der Waals surface area contributed by atoms with Gasteiger partial charge in [-0.2, -0.15) is 0 Å². The van der Waals surface area contributed by atoms with Gasteiger partial charge in [0.15, 0.2) is 4.98 Å². The SMILES string of the molecule is COc1cc(NC(=O)c2ccccc2)c([N+]#N)cc1C.[Cl][Zn-]([Cl])[Cl]. The quantitative estimate of drug-likeness (QED) is 0.485. The predicted octanol–water partition coefficient (Wildman–Crippen LogP) is 5.81. The molecule has 0 unspecified atom stereocenters. The number of carbonyl (C=O) groups is 1. The van der Waals surface area contributed by atoms with Crippen LogP contribution in [-0.4, -0.2) is 13.0 Å². The minimum atomic E-state index is -2.21. The zero-order valence-electron chi connectivity index (χ0n) is 13.1. The Morgan fingerprint density at radius 3 is 2.29 bits per heavy atom. The average molecular weight is 440 g/mol. The van der Waals surface area contributed by atoms with Crippen LogP contribution in [-0.2, 0) is 13.0 Å². The zero-order valence-corrected chi connectivity index (χ0v) is 18.3. The van der Waals surface area contributed by atoms with Crippen LogP contribution >= 0.6 is 29.1 Å². The van der Waals surface area contributed by atoms with Gasteiger partial charge in [-0.1, -0.05) is 18.2 Å². The van der Waals surface area contributed by atoms with E-state index in [2.05, 4.69) is 10.3 Å². The van der Waals surface area contributed by atoms with Crippen molar-refractivity contribution in [3.63, 3.8) is 0 Å². The normalized spacial score (nSPS) is 9.17. The van der Waals surface area contributed by atoms with E-state index in [0.29, 0.717) is 17.0 Å². The Bertz CT molecular complexity index is 734. The summed E-state index contributed by atoms with van der Waals surface area (Å²) in [4.78, 5) is 15.3. The van der Waals surface area contributed by atoms with E-state index in [0.717, 1.165) is 5.56 Å². The maximum absolute atomic E-state index is 12.1. The fraction of sp³-hybridized carbons (Fsp3) is 0.133. The number of carbonyl (C=O) groups excluding carboxylic acids is 1. The summed E-state index contributed by atoms with van der Waals surface area (Å²) in [6.45, 7) is 1.83. The first-order valence-electron chi connectivity index (χ1n) is 6.86. The Balaban J connectivity index is 0.000000648. The second-order valence-corrected chi connectivity index (χ2v) is 18.4. The molecule has 0 atom stereocenters. The molecule has 0 radical (unpaired) electrons. The molecule has 1 N–H and O–H groups in total. The van der Waals surface area contributed by atoms with Gasteiger partial charge >= 0.3 is 47.7 Å². The molecule has 0 saturated carbocycles. The molecule has 0 heterocycles. The summed E-state index contributed by atoms with van der Waals surface area (Å²) in [5, 5.41) is 11.7. The second kappa shape index (κ2) is 10.5. The summed E-state index contributed by atoms with van der Waals surface area (Å²) >= 11 is -2.21. The number of diazo groups is 1. The molecule has 2 aromatic carbocycles. The molecular weight excluding hydrogens is 426 g/mol. The van der Waals surface area contributed by atoms with Crippen LogP contribution in [0, 0.1) is 12.3 Å². The van der Waals surface area contributed by atoms with E-state index in [9.17, 15) is 4.79 Å². The summed E-state index contributed by atoms with van der Waals surface area (Å²) in [5.41, 5.74) is 2.02. The van der Waals surface area contributed by atoms with Crippen molar-refractivity contribution in [2.45, 2.75) is 6.92 Å². The van der Waals surface area contributed by atoms with E-state index in [1.165, 1.54) is 0 Å². The molecule has 0 saturated heterocycles. The Hall–Kier alpha value is -1.38. The van der Waals surface area contributed by atoms with Crippen LogP contribution in [0.5, 0.6) is 5.75 Å². The van der Waals surface area contributed by atoms with E-state index < -0.39 is 13.0 Å². The molecule has 1 amide bonds. The molecule has 0 aliphatic carbocycles. The Kier molecular flexibility index (Phi) is 9.03. The summed E-state index contributed by atoms with van der Waals surface area (Å²) in [5.74, 6) is 0.335. The minimum absolute atomic E-state index is 0.276. The van der Waals surface area contributed by atoms with Gasteiger partial charge in [0.2, 0.25) is 5.39 Å². The molecule has 0 spiro atoms. The van der Waals surface area contributed by atoms with Crippen LogP contribution in [0.15, 0.2) is 42.5 Å². The number of hydrogen-bond donors (Lipinski definition) is 1. The van der Waals surface area contributed by atoms with Gasteiger partial charge in [-0.15, -0.1) is 0 Å². The summed E-state index contributed by atoms with van der Waals surface area (Å²) in [6, 6.07) is 12.1. The van der Waals surface area contributed by atoms with Gasteiger partial charge in [-0.25, -0.2) is 0 Å². The van der Waals surface area contributed by atoms with Gasteiger partial charge in [0.25, 0.3) is 5.91 Å². The van der Waals surface area contributed by atoms with Crippen LogP contribution in [0.3, 0.4) is 0 Å². The van der Waals surface area contributed by atoms with Crippen LogP contribution < -0.4 is 10.1 Å². The Morgan fingerprint density at radius 2 is 1.79 bits per heavy atom. The van der Waals surface area contributed by atoms with Gasteiger partial charge in [-0.3, -0.25) is 4.79 Å². The molecular formula is C15H14Cl3N3O2Zn. The van der Waals surface area contributed by atoms with Crippen LogP contribution in [0.2, 0.25) is 0 Å². The van der Waals surface area contributed by atoms with Gasteiger partial charge in [0, 0.05) is 17.7 Å². The first-order valence-corrected chi connectivity index (χ1v) is 18.6. The summed E-state index contributed by atoms with van der Waals surface area (Å²) < 4.78 is 5.20. The number of hydrogen-bond acceptors (Lipinski definition) is 3. The van der Waals surface area contributed by atoms with Crippen molar-refractivity contribution in [1.82, 2.24) is 0 Å². The summed E-state index contributed by atoms with van der Waals surface area (Å²) in [6.07, 6.45) is 0. The first kappa shape index (κ1) is 20.7. The van der Waals surface area contributed by atoms with Crippen molar-refractivity contribution in [3.8, 4) is 5.75 Å². The number of aryl methyl sites for hydroxylation is 1. The standard InChI is InChI=1S/C15H13N3O2.3ClH.Zn/c1-10-8-13(18-16)12(9-14(10)20-2)17-15(19)11-6-4-3-5-7-11;;;;/h3-9H,1-2H3;3*1H;/q;;;;+2/p-2. The molecule has 24 heavy (non-hydrogen) atoms. The fourth-order valence-electron chi connectivity index (χ4n) is 1.86. The molecule has 2 rings (SSSR count). The number of nitrogens with one attached hydrogen (secondary N) is 1. The molecule has 0 fully saturated rings. The van der Waals surface area contributed by atoms with Gasteiger partial charge < -0.3 is 10.1 Å². The number of amides is 1. The predicted molar refractivity (Wildman–Crippen MR) is 94.4 cm³/mol. The molecule has 9 heteroatoms. The van der Waals surface area contributed by atoms with Crippen molar-refractivity contribution < 1.29 is 22.5 Å². The van der Waals surface area contributed by atoms with E-state index >= 15 is 0 Å². The van der Waals surface area contributed by atoms with Gasteiger partial charge in [0.1, 0.15) is 11.4 Å². The van der Waals surface area contributed by atoms with Crippen molar-refractivity contribution in [3.05, 3.63) is 58.6 Å². The topological polar surface area (TPSA) is 66.5 Å². The van der Waals surface area contributed by atoms with Crippen molar-refractivity contribution in [1.29, 1.82) is 5.39 Å². The van der Waals surface area contributed by atoms with Crippen LogP contribution in [0.25, 0.3) is 4.98 Å². The van der Waals surface area contributed by atoms with Crippen LogP contribution in [0.1, 0.15) is 15.9 Å². The number of benzene rings is 2. The number of ether oxygens (including phenoxy) is 1. The van der Waals surface area contributed by atoms with Crippen LogP contribution in [0.4, 0.5) is 11.4 Å². The number of rotatable bonds is 3. The molecule has 5 nitrogen and oxygen atoms in total. The average Bonchev–Trinajstić information content (AvgIpc) is 2.56. The Labute approximate surface area is 157 Å². The van der Waals surface area contributed by atoms with E-state index in [1.807, 2.05) is 13.0 Å². The second-order valence-electron chi connectivity index (χ2n) is 4.56. The van der Waals surface area contributed by atoms with E-state index in [4.69, 9.17) is 39.2 Å². The third-order valence-electron chi connectivity index (χ3n) is 2.91. The zero-order chi connectivity index (χ0) is 18.1. The Morgan fingerprint density at radius 1 is 1.21 bits per heavy atom. The van der Waals surface area contributed by atoms with Crippen molar-refractivity contribution in [2.75, 3.05) is 12.4 Å². The fourth-order valence-corrected chi connectivity index (χ4v) is 1.86.